The zero-order valence-corrected chi connectivity index (χ0v) is 11.8. The van der Waals surface area contributed by atoms with Crippen LogP contribution in [0.1, 0.15) is 68.3 Å². The third-order valence-corrected chi connectivity index (χ3v) is 3.72. The fourth-order valence-electron chi connectivity index (χ4n) is 2.45. The average molecular weight is 280 g/mol. The summed E-state index contributed by atoms with van der Waals surface area (Å²) in [6, 6.07) is 0. The molecule has 110 valence electrons. The number of aromatic amines is 1. The zero-order chi connectivity index (χ0) is 14.8. The van der Waals surface area contributed by atoms with Crippen molar-refractivity contribution in [1.82, 2.24) is 20.5 Å². The van der Waals surface area contributed by atoms with E-state index < -0.39 is 17.4 Å². The van der Waals surface area contributed by atoms with Crippen molar-refractivity contribution in [3.05, 3.63) is 11.6 Å². The van der Waals surface area contributed by atoms with E-state index in [9.17, 15) is 14.7 Å². The molecule has 1 amide bonds. The highest BCUT2D eigenvalue weighted by atomic mass is 16.4. The van der Waals surface area contributed by atoms with Gasteiger partial charge < -0.3 is 10.4 Å². The molecular formula is C13H20N4O3. The van der Waals surface area contributed by atoms with E-state index in [1.807, 2.05) is 13.8 Å². The Hall–Kier alpha value is -1.92. The molecule has 0 aliphatic heterocycles. The Morgan fingerprint density at radius 3 is 2.45 bits per heavy atom. The lowest BCUT2D eigenvalue weighted by molar-refractivity contribution is -0.145. The number of carbonyl (C=O) groups excluding carboxylic acids is 1. The minimum Gasteiger partial charge on any atom is -0.480 e. The van der Waals surface area contributed by atoms with Crippen molar-refractivity contribution < 1.29 is 14.7 Å². The van der Waals surface area contributed by atoms with E-state index in [1.54, 1.807) is 0 Å². The Bertz CT molecular complexity index is 503. The van der Waals surface area contributed by atoms with Crippen molar-refractivity contribution >= 4 is 11.9 Å². The van der Waals surface area contributed by atoms with Gasteiger partial charge in [-0.1, -0.05) is 33.1 Å². The monoisotopic (exact) mass is 280 g/mol. The maximum absolute atomic E-state index is 12.1. The molecular weight excluding hydrogens is 260 g/mol. The number of H-pyrrole nitrogens is 1. The molecule has 7 nitrogen and oxygen atoms in total. The van der Waals surface area contributed by atoms with E-state index in [0.717, 1.165) is 19.3 Å². The Morgan fingerprint density at radius 2 is 1.95 bits per heavy atom. The van der Waals surface area contributed by atoms with Crippen LogP contribution in [0.25, 0.3) is 0 Å². The van der Waals surface area contributed by atoms with Crippen LogP contribution in [0.15, 0.2) is 0 Å². The second-order valence-electron chi connectivity index (χ2n) is 5.60. The molecule has 0 radical (unpaired) electrons. The topological polar surface area (TPSA) is 108 Å². The fourth-order valence-corrected chi connectivity index (χ4v) is 2.45. The molecule has 0 bridgehead atoms. The summed E-state index contributed by atoms with van der Waals surface area (Å²) < 4.78 is 0. The van der Waals surface area contributed by atoms with Crippen LogP contribution in [0.2, 0.25) is 0 Å². The molecule has 2 rings (SSSR count). The molecule has 1 fully saturated rings. The molecule has 0 atom stereocenters. The third kappa shape index (κ3) is 2.81. The summed E-state index contributed by atoms with van der Waals surface area (Å²) in [5, 5.41) is 18.6. The lowest BCUT2D eigenvalue weighted by Gasteiger charge is -2.33. The van der Waals surface area contributed by atoms with Gasteiger partial charge in [0.15, 0.2) is 0 Å². The molecule has 1 heterocycles. The highest BCUT2D eigenvalue weighted by Gasteiger charge is 2.41. The number of aliphatic carboxylic acids is 1. The highest BCUT2D eigenvalue weighted by molar-refractivity contribution is 5.95. The number of aromatic nitrogens is 3. The van der Waals surface area contributed by atoms with Crippen LogP contribution in [-0.4, -0.2) is 37.7 Å². The molecule has 7 heteroatoms. The number of carboxylic acids is 1. The summed E-state index contributed by atoms with van der Waals surface area (Å²) in [5.74, 6) is -0.766. The maximum atomic E-state index is 12.1. The average Bonchev–Trinajstić information content (AvgIpc) is 2.89. The Kier molecular flexibility index (Phi) is 4.06. The number of hydrogen-bond acceptors (Lipinski definition) is 4. The lowest BCUT2D eigenvalue weighted by atomic mass is 9.81. The van der Waals surface area contributed by atoms with Gasteiger partial charge in [0, 0.05) is 5.92 Å². The van der Waals surface area contributed by atoms with Gasteiger partial charge in [0.05, 0.1) is 0 Å². The van der Waals surface area contributed by atoms with E-state index in [1.165, 1.54) is 0 Å². The van der Waals surface area contributed by atoms with Crippen LogP contribution in [-0.2, 0) is 4.79 Å². The van der Waals surface area contributed by atoms with Crippen molar-refractivity contribution in [2.24, 2.45) is 0 Å². The van der Waals surface area contributed by atoms with Crippen LogP contribution >= 0.6 is 0 Å². The van der Waals surface area contributed by atoms with Gasteiger partial charge in [-0.15, -0.1) is 5.10 Å². The summed E-state index contributed by atoms with van der Waals surface area (Å²) in [4.78, 5) is 27.7. The molecule has 20 heavy (non-hydrogen) atoms. The molecule has 3 N–H and O–H groups in total. The quantitative estimate of drug-likeness (QED) is 0.773. The summed E-state index contributed by atoms with van der Waals surface area (Å²) >= 11 is 0. The first kappa shape index (κ1) is 14.5. The minimum absolute atomic E-state index is 0.0000940. The minimum atomic E-state index is -1.17. The van der Waals surface area contributed by atoms with E-state index in [-0.39, 0.29) is 11.7 Å². The van der Waals surface area contributed by atoms with Crippen molar-refractivity contribution in [2.45, 2.75) is 57.4 Å². The largest absolute Gasteiger partial charge is 0.480 e. The molecule has 0 unspecified atom stereocenters. The van der Waals surface area contributed by atoms with Gasteiger partial charge in [-0.25, -0.2) is 9.78 Å². The first-order chi connectivity index (χ1) is 9.44. The second kappa shape index (κ2) is 5.60. The Balaban J connectivity index is 2.13. The van der Waals surface area contributed by atoms with E-state index in [0.29, 0.717) is 18.7 Å². The van der Waals surface area contributed by atoms with Gasteiger partial charge in [-0.3, -0.25) is 9.89 Å². The van der Waals surface area contributed by atoms with Crippen molar-refractivity contribution in [3.8, 4) is 0 Å². The summed E-state index contributed by atoms with van der Waals surface area (Å²) in [7, 11) is 0. The number of hydrogen-bond donors (Lipinski definition) is 3. The number of carboxylic acid groups (broad SMARTS) is 1. The van der Waals surface area contributed by atoms with Gasteiger partial charge in [-0.05, 0) is 12.8 Å². The predicted molar refractivity (Wildman–Crippen MR) is 71.4 cm³/mol. The molecule has 1 aliphatic carbocycles. The van der Waals surface area contributed by atoms with Crippen LogP contribution in [0.5, 0.6) is 0 Å². The third-order valence-electron chi connectivity index (χ3n) is 3.72. The van der Waals surface area contributed by atoms with Crippen LogP contribution in [0.4, 0.5) is 0 Å². The van der Waals surface area contributed by atoms with Crippen molar-refractivity contribution in [2.75, 3.05) is 0 Å². The number of nitrogens with one attached hydrogen (secondary N) is 2. The first-order valence-electron chi connectivity index (χ1n) is 6.93. The fraction of sp³-hybridized carbons (Fsp3) is 0.692. The predicted octanol–water partition coefficient (Wildman–Crippen LogP) is 1.45. The smallest absolute Gasteiger partial charge is 0.329 e. The van der Waals surface area contributed by atoms with Crippen molar-refractivity contribution in [3.63, 3.8) is 0 Å². The summed E-state index contributed by atoms with van der Waals surface area (Å²) in [6.07, 6.45) is 3.52. The summed E-state index contributed by atoms with van der Waals surface area (Å²) in [6.45, 7) is 3.87. The van der Waals surface area contributed by atoms with Gasteiger partial charge in [0.25, 0.3) is 5.91 Å². The number of nitrogens with zero attached hydrogens (tertiary/aromatic N) is 2. The normalized spacial score (nSPS) is 17.9. The van der Waals surface area contributed by atoms with E-state index in [4.69, 9.17) is 0 Å². The van der Waals surface area contributed by atoms with Crippen LogP contribution in [0, 0.1) is 0 Å². The van der Waals surface area contributed by atoms with Gasteiger partial charge in [-0.2, -0.15) is 0 Å². The molecule has 1 saturated carbocycles. The Labute approximate surface area is 117 Å². The van der Waals surface area contributed by atoms with Gasteiger partial charge in [0.1, 0.15) is 11.4 Å². The zero-order valence-electron chi connectivity index (χ0n) is 11.8. The van der Waals surface area contributed by atoms with Gasteiger partial charge >= 0.3 is 5.97 Å². The molecule has 1 aliphatic rings. The first-order valence-corrected chi connectivity index (χ1v) is 6.93. The lowest BCUT2D eigenvalue weighted by Crippen LogP contribution is -2.55. The van der Waals surface area contributed by atoms with Crippen LogP contribution in [0.3, 0.4) is 0 Å². The number of amides is 1. The molecule has 0 saturated heterocycles. The number of carbonyl (C=O) groups is 2. The SMILES string of the molecule is CC(C)c1nc(C(=O)NC2(C(=O)O)CCCCC2)n[nH]1. The number of rotatable bonds is 4. The standard InChI is InChI=1S/C13H20N4O3/c1-8(2)9-14-10(17-16-9)11(18)15-13(12(19)20)6-4-3-5-7-13/h8H,3-7H2,1-2H3,(H,15,18)(H,19,20)(H,14,16,17). The second-order valence-corrected chi connectivity index (χ2v) is 5.60. The molecule has 1 aromatic rings. The summed E-state index contributed by atoms with van der Waals surface area (Å²) in [5.41, 5.74) is -1.17. The van der Waals surface area contributed by atoms with Gasteiger partial charge in [0.2, 0.25) is 5.82 Å². The molecule has 0 spiro atoms. The van der Waals surface area contributed by atoms with Crippen LogP contribution < -0.4 is 5.32 Å². The highest BCUT2D eigenvalue weighted by Crippen LogP contribution is 2.28. The molecule has 0 aromatic carbocycles. The van der Waals surface area contributed by atoms with E-state index >= 15 is 0 Å². The maximum Gasteiger partial charge on any atom is 0.329 e. The van der Waals surface area contributed by atoms with E-state index in [2.05, 4.69) is 20.5 Å². The van der Waals surface area contributed by atoms with Crippen molar-refractivity contribution in [1.29, 1.82) is 0 Å². The molecule has 1 aromatic heterocycles. The Morgan fingerprint density at radius 1 is 1.30 bits per heavy atom.